The van der Waals surface area contributed by atoms with Crippen molar-refractivity contribution in [3.05, 3.63) is 119 Å². The zero-order valence-electron chi connectivity index (χ0n) is 26.8. The van der Waals surface area contributed by atoms with Crippen molar-refractivity contribution in [1.29, 1.82) is 0 Å². The number of carbonyl (C=O) groups is 2. The van der Waals surface area contributed by atoms with Crippen molar-refractivity contribution in [3.8, 4) is 5.75 Å². The van der Waals surface area contributed by atoms with Crippen LogP contribution in [0.25, 0.3) is 0 Å². The molecule has 4 rings (SSSR count). The molecule has 1 unspecified atom stereocenters. The number of hydrogen-bond donors (Lipinski definition) is 1. The maximum absolute atomic E-state index is 14.7. The zero-order chi connectivity index (χ0) is 33.8. The standard InChI is InChI=1S/C36H40ClN3O5S2/c1-4-23-38-36(42)33(24-27-13-7-6-8-14-27)39(25-28-15-9-10-16-31(28)37)35(41)26-40(32-17-11-12-18-34(32)45-5-2)47(43,44)30-21-19-29(46-3)20-22-30/h6-22,33H,4-5,23-26H2,1-3H3,(H,38,42). The second-order valence-electron chi connectivity index (χ2n) is 10.7. The first kappa shape index (κ1) is 35.9. The fourth-order valence-electron chi connectivity index (χ4n) is 5.06. The predicted octanol–water partition coefficient (Wildman–Crippen LogP) is 6.82. The summed E-state index contributed by atoms with van der Waals surface area (Å²) in [6.45, 7) is 3.86. The molecule has 0 saturated heterocycles. The van der Waals surface area contributed by atoms with Crippen molar-refractivity contribution in [2.75, 3.05) is 30.3 Å². The van der Waals surface area contributed by atoms with Crippen molar-refractivity contribution in [1.82, 2.24) is 10.2 Å². The van der Waals surface area contributed by atoms with E-state index in [0.29, 0.717) is 29.3 Å². The van der Waals surface area contributed by atoms with Gasteiger partial charge in [0.05, 0.1) is 17.2 Å². The molecular formula is C36H40ClN3O5S2. The largest absolute Gasteiger partial charge is 0.492 e. The number of para-hydroxylation sites is 2. The first-order valence-corrected chi connectivity index (χ1v) is 18.5. The molecular weight excluding hydrogens is 654 g/mol. The molecule has 0 fully saturated rings. The van der Waals surface area contributed by atoms with Crippen LogP contribution >= 0.6 is 23.4 Å². The van der Waals surface area contributed by atoms with Crippen LogP contribution < -0.4 is 14.4 Å². The Balaban J connectivity index is 1.84. The fourth-order valence-corrected chi connectivity index (χ4v) is 7.09. The van der Waals surface area contributed by atoms with E-state index in [-0.39, 0.29) is 36.1 Å². The number of carbonyl (C=O) groups excluding carboxylic acids is 2. The average molecular weight is 694 g/mol. The smallest absolute Gasteiger partial charge is 0.264 e. The van der Waals surface area contributed by atoms with Crippen molar-refractivity contribution in [2.24, 2.45) is 0 Å². The van der Waals surface area contributed by atoms with Crippen LogP contribution in [-0.4, -0.2) is 57.1 Å². The summed E-state index contributed by atoms with van der Waals surface area (Å²) in [4.78, 5) is 30.8. The summed E-state index contributed by atoms with van der Waals surface area (Å²) in [6, 6.07) is 28.8. The topological polar surface area (TPSA) is 96.0 Å². The van der Waals surface area contributed by atoms with Crippen molar-refractivity contribution >= 4 is 50.9 Å². The van der Waals surface area contributed by atoms with E-state index in [1.165, 1.54) is 28.8 Å². The van der Waals surface area contributed by atoms with Gasteiger partial charge in [-0.05, 0) is 73.2 Å². The highest BCUT2D eigenvalue weighted by atomic mass is 35.5. The second-order valence-corrected chi connectivity index (χ2v) is 13.8. The van der Waals surface area contributed by atoms with Crippen molar-refractivity contribution in [2.45, 2.75) is 49.1 Å². The number of anilines is 1. The monoisotopic (exact) mass is 693 g/mol. The van der Waals surface area contributed by atoms with Crippen LogP contribution in [0, 0.1) is 0 Å². The molecule has 8 nitrogen and oxygen atoms in total. The van der Waals surface area contributed by atoms with E-state index >= 15 is 0 Å². The minimum atomic E-state index is -4.28. The maximum atomic E-state index is 14.7. The van der Waals surface area contributed by atoms with Gasteiger partial charge in [-0.2, -0.15) is 0 Å². The van der Waals surface area contributed by atoms with Crippen LogP contribution in [0.4, 0.5) is 5.69 Å². The number of amides is 2. The highest BCUT2D eigenvalue weighted by Crippen LogP contribution is 2.33. The molecule has 248 valence electrons. The number of ether oxygens (including phenoxy) is 1. The first-order chi connectivity index (χ1) is 22.7. The molecule has 0 saturated carbocycles. The maximum Gasteiger partial charge on any atom is 0.264 e. The van der Waals surface area contributed by atoms with Crippen molar-refractivity contribution in [3.63, 3.8) is 0 Å². The summed E-state index contributed by atoms with van der Waals surface area (Å²) >= 11 is 8.07. The Morgan fingerprint density at radius 2 is 1.55 bits per heavy atom. The van der Waals surface area contributed by atoms with E-state index in [0.717, 1.165) is 14.8 Å². The van der Waals surface area contributed by atoms with Crippen LogP contribution in [0.5, 0.6) is 5.75 Å². The molecule has 0 aliphatic carbocycles. The Hall–Kier alpha value is -3.99. The van der Waals surface area contributed by atoms with Gasteiger partial charge in [-0.3, -0.25) is 13.9 Å². The lowest BCUT2D eigenvalue weighted by atomic mass is 10.0. The highest BCUT2D eigenvalue weighted by molar-refractivity contribution is 7.98. The quantitative estimate of drug-likeness (QED) is 0.129. The Bertz CT molecular complexity index is 1740. The van der Waals surface area contributed by atoms with Gasteiger partial charge in [-0.1, -0.05) is 79.2 Å². The zero-order valence-corrected chi connectivity index (χ0v) is 29.2. The molecule has 0 radical (unpaired) electrons. The number of nitrogens with zero attached hydrogens (tertiary/aromatic N) is 2. The normalized spacial score (nSPS) is 11.8. The SMILES string of the molecule is CCCNC(=O)C(Cc1ccccc1)N(Cc1ccccc1Cl)C(=O)CN(c1ccccc1OCC)S(=O)(=O)c1ccc(SC)cc1. The van der Waals surface area contributed by atoms with Gasteiger partial charge in [0, 0.05) is 29.4 Å². The first-order valence-electron chi connectivity index (χ1n) is 15.4. The molecule has 2 amide bonds. The molecule has 0 aliphatic heterocycles. The van der Waals surface area contributed by atoms with Gasteiger partial charge in [0.25, 0.3) is 10.0 Å². The van der Waals surface area contributed by atoms with Crippen molar-refractivity contribution < 1.29 is 22.7 Å². The van der Waals surface area contributed by atoms with Crippen LogP contribution in [0.2, 0.25) is 5.02 Å². The molecule has 0 spiro atoms. The molecule has 4 aromatic carbocycles. The third-order valence-corrected chi connectivity index (χ3v) is 10.4. The predicted molar refractivity (Wildman–Crippen MR) is 190 cm³/mol. The van der Waals surface area contributed by atoms with Gasteiger partial charge in [0.1, 0.15) is 18.3 Å². The lowest BCUT2D eigenvalue weighted by Crippen LogP contribution is -2.53. The molecule has 47 heavy (non-hydrogen) atoms. The lowest BCUT2D eigenvalue weighted by molar-refractivity contribution is -0.140. The number of thioether (sulfide) groups is 1. The minimum Gasteiger partial charge on any atom is -0.492 e. The number of sulfonamides is 1. The van der Waals surface area contributed by atoms with Gasteiger partial charge in [0.2, 0.25) is 11.8 Å². The van der Waals surface area contributed by atoms with Gasteiger partial charge in [0.15, 0.2) is 0 Å². The van der Waals surface area contributed by atoms with Gasteiger partial charge in [-0.25, -0.2) is 8.42 Å². The summed E-state index contributed by atoms with van der Waals surface area (Å²) < 4.78 is 35.7. The Kier molecular flexibility index (Phi) is 13.2. The second kappa shape index (κ2) is 17.2. The van der Waals surface area contributed by atoms with E-state index in [1.807, 2.05) is 43.5 Å². The molecule has 0 bridgehead atoms. The molecule has 0 heterocycles. The van der Waals surface area contributed by atoms with Crippen LogP contribution in [0.3, 0.4) is 0 Å². The summed E-state index contributed by atoms with van der Waals surface area (Å²) in [5.41, 5.74) is 1.69. The van der Waals surface area contributed by atoms with Gasteiger partial charge >= 0.3 is 0 Å². The minimum absolute atomic E-state index is 0.0149. The molecule has 0 aliphatic rings. The highest BCUT2D eigenvalue weighted by Gasteiger charge is 2.35. The summed E-state index contributed by atoms with van der Waals surface area (Å²) in [7, 11) is -4.28. The Morgan fingerprint density at radius 3 is 2.21 bits per heavy atom. The third kappa shape index (κ3) is 9.31. The summed E-state index contributed by atoms with van der Waals surface area (Å²) in [5, 5.41) is 3.38. The van der Waals surface area contributed by atoms with E-state index in [4.69, 9.17) is 16.3 Å². The number of rotatable bonds is 16. The van der Waals surface area contributed by atoms with Crippen LogP contribution in [-0.2, 0) is 32.6 Å². The van der Waals surface area contributed by atoms with Gasteiger partial charge in [-0.15, -0.1) is 11.8 Å². The number of hydrogen-bond acceptors (Lipinski definition) is 6. The molecule has 4 aromatic rings. The average Bonchev–Trinajstić information content (AvgIpc) is 3.09. The lowest BCUT2D eigenvalue weighted by Gasteiger charge is -2.34. The van der Waals surface area contributed by atoms with E-state index in [9.17, 15) is 18.0 Å². The van der Waals surface area contributed by atoms with Gasteiger partial charge < -0.3 is 15.0 Å². The summed E-state index contributed by atoms with van der Waals surface area (Å²) in [6.07, 6.45) is 2.83. The van der Waals surface area contributed by atoms with Crippen LogP contribution in [0.15, 0.2) is 113 Å². The molecule has 1 N–H and O–H groups in total. The number of halogens is 1. The molecule has 11 heteroatoms. The fraction of sp³-hybridized carbons (Fsp3) is 0.278. The molecule has 0 aromatic heterocycles. The Morgan fingerprint density at radius 1 is 0.894 bits per heavy atom. The number of nitrogens with one attached hydrogen (secondary N) is 1. The Labute approximate surface area is 287 Å². The summed E-state index contributed by atoms with van der Waals surface area (Å²) in [5.74, 6) is -0.604. The van der Waals surface area contributed by atoms with E-state index in [1.54, 1.807) is 67.6 Å². The number of benzene rings is 4. The van der Waals surface area contributed by atoms with E-state index in [2.05, 4.69) is 5.32 Å². The third-order valence-electron chi connectivity index (χ3n) is 7.48. The molecule has 1 atom stereocenters. The van der Waals surface area contributed by atoms with E-state index < -0.39 is 28.5 Å². The van der Waals surface area contributed by atoms with Crippen LogP contribution in [0.1, 0.15) is 31.4 Å².